The Bertz CT molecular complexity index is 874. The first-order valence-electron chi connectivity index (χ1n) is 7.91. The number of hydrogen-bond acceptors (Lipinski definition) is 5. The quantitative estimate of drug-likeness (QED) is 0.785. The molecule has 0 aliphatic carbocycles. The number of nitrogens with one attached hydrogen (secondary N) is 1. The molecule has 1 N–H and O–H groups in total. The minimum atomic E-state index is -4.52. The summed E-state index contributed by atoms with van der Waals surface area (Å²) in [5.41, 5.74) is -0.608. The number of halogens is 3. The number of alkyl halides is 3. The molecule has 0 saturated carbocycles. The fourth-order valence-electron chi connectivity index (χ4n) is 2.42. The van der Waals surface area contributed by atoms with E-state index in [1.165, 1.54) is 30.3 Å². The normalized spacial score (nSPS) is 10.9. The van der Waals surface area contributed by atoms with E-state index in [0.717, 1.165) is 26.4 Å². The number of rotatable bonds is 5. The second-order valence-electron chi connectivity index (χ2n) is 5.71. The van der Waals surface area contributed by atoms with Gasteiger partial charge in [-0.1, -0.05) is 18.2 Å². The number of carbonyl (C=O) groups excluding carboxylic acids is 3. The third-order valence-corrected chi connectivity index (χ3v) is 3.68. The largest absolute Gasteiger partial charge is 0.465 e. The fourth-order valence-corrected chi connectivity index (χ4v) is 2.42. The molecule has 9 heteroatoms. The van der Waals surface area contributed by atoms with E-state index in [1.54, 1.807) is 0 Å². The van der Waals surface area contributed by atoms with Crippen molar-refractivity contribution >= 4 is 23.5 Å². The molecule has 0 aromatic heterocycles. The maximum atomic E-state index is 12.8. The molecule has 0 fully saturated rings. The Labute approximate surface area is 158 Å². The van der Waals surface area contributed by atoms with Crippen LogP contribution >= 0.6 is 0 Å². The van der Waals surface area contributed by atoms with Crippen LogP contribution in [0.1, 0.15) is 31.8 Å². The number of ether oxygens (including phenoxy) is 2. The van der Waals surface area contributed by atoms with E-state index in [4.69, 9.17) is 0 Å². The van der Waals surface area contributed by atoms with Crippen LogP contribution in [0, 0.1) is 0 Å². The van der Waals surface area contributed by atoms with Crippen LogP contribution in [0.3, 0.4) is 0 Å². The lowest BCUT2D eigenvalue weighted by Gasteiger charge is -2.11. The number of esters is 2. The molecule has 28 heavy (non-hydrogen) atoms. The molecule has 0 unspecified atom stereocenters. The van der Waals surface area contributed by atoms with Crippen LogP contribution in [0.25, 0.3) is 0 Å². The summed E-state index contributed by atoms with van der Waals surface area (Å²) in [6.45, 7) is 0. The Morgan fingerprint density at radius 2 is 1.50 bits per heavy atom. The van der Waals surface area contributed by atoms with Crippen molar-refractivity contribution in [2.45, 2.75) is 12.6 Å². The summed E-state index contributed by atoms with van der Waals surface area (Å²) in [6.07, 6.45) is -4.85. The van der Waals surface area contributed by atoms with Crippen molar-refractivity contribution in [3.63, 3.8) is 0 Å². The van der Waals surface area contributed by atoms with Crippen molar-refractivity contribution in [1.82, 2.24) is 0 Å². The van der Waals surface area contributed by atoms with Gasteiger partial charge in [0.15, 0.2) is 0 Å². The molecule has 0 saturated heterocycles. The Balaban J connectivity index is 2.23. The van der Waals surface area contributed by atoms with Gasteiger partial charge in [-0.15, -0.1) is 0 Å². The highest BCUT2D eigenvalue weighted by molar-refractivity contribution is 5.99. The van der Waals surface area contributed by atoms with Crippen LogP contribution in [0.2, 0.25) is 0 Å². The lowest BCUT2D eigenvalue weighted by Crippen LogP contribution is -2.16. The van der Waals surface area contributed by atoms with E-state index < -0.39 is 29.6 Å². The molecule has 2 aromatic rings. The molecule has 0 spiro atoms. The van der Waals surface area contributed by atoms with Gasteiger partial charge < -0.3 is 14.8 Å². The third-order valence-electron chi connectivity index (χ3n) is 3.68. The first-order valence-corrected chi connectivity index (χ1v) is 7.91. The fraction of sp³-hybridized carbons (Fsp3) is 0.211. The first-order chi connectivity index (χ1) is 13.1. The standard InChI is InChI=1S/C19H16F3NO5/c1-27-17(25)12-8-13(18(26)28-2)10-15(9-12)23-16(24)7-11-4-3-5-14(6-11)19(20,21)22/h3-6,8-10H,7H2,1-2H3,(H,23,24). The smallest absolute Gasteiger partial charge is 0.416 e. The predicted octanol–water partition coefficient (Wildman–Crippen LogP) is 3.46. The lowest BCUT2D eigenvalue weighted by molar-refractivity contribution is -0.137. The summed E-state index contributed by atoms with van der Waals surface area (Å²) in [5.74, 6) is -2.10. The first kappa shape index (κ1) is 20.9. The van der Waals surface area contributed by atoms with Crippen molar-refractivity contribution < 1.29 is 37.0 Å². The molecule has 0 atom stereocenters. The number of amides is 1. The summed E-state index contributed by atoms with van der Waals surface area (Å²) >= 11 is 0. The van der Waals surface area contributed by atoms with Gasteiger partial charge in [-0.3, -0.25) is 4.79 Å². The van der Waals surface area contributed by atoms with Gasteiger partial charge >= 0.3 is 18.1 Å². The topological polar surface area (TPSA) is 81.7 Å². The van der Waals surface area contributed by atoms with Crippen LogP contribution < -0.4 is 5.32 Å². The highest BCUT2D eigenvalue weighted by atomic mass is 19.4. The Morgan fingerprint density at radius 1 is 0.929 bits per heavy atom. The number of carbonyl (C=O) groups is 3. The van der Waals surface area contributed by atoms with E-state index in [0.29, 0.717) is 0 Å². The number of benzene rings is 2. The van der Waals surface area contributed by atoms with Crippen LogP contribution in [0.15, 0.2) is 42.5 Å². The van der Waals surface area contributed by atoms with Crippen LogP contribution in [0.5, 0.6) is 0 Å². The zero-order chi connectivity index (χ0) is 20.9. The van der Waals surface area contributed by atoms with Crippen molar-refractivity contribution in [3.05, 3.63) is 64.7 Å². The number of anilines is 1. The molecule has 2 aromatic carbocycles. The van der Waals surface area contributed by atoms with Gasteiger partial charge in [0.2, 0.25) is 5.91 Å². The van der Waals surface area contributed by atoms with Crippen LogP contribution in [-0.4, -0.2) is 32.1 Å². The highest BCUT2D eigenvalue weighted by Crippen LogP contribution is 2.29. The van der Waals surface area contributed by atoms with Crippen LogP contribution in [-0.2, 0) is 26.9 Å². The summed E-state index contributed by atoms with van der Waals surface area (Å²) in [7, 11) is 2.30. The third kappa shape index (κ3) is 5.32. The SMILES string of the molecule is COC(=O)c1cc(NC(=O)Cc2cccc(C(F)(F)F)c2)cc(C(=O)OC)c1. The Morgan fingerprint density at radius 3 is 2.00 bits per heavy atom. The van der Waals surface area contributed by atoms with Gasteiger partial charge in [-0.2, -0.15) is 13.2 Å². The van der Waals surface area contributed by atoms with Crippen molar-refractivity contribution in [2.24, 2.45) is 0 Å². The molecule has 0 aliphatic heterocycles. The second-order valence-corrected chi connectivity index (χ2v) is 5.71. The van der Waals surface area contributed by atoms with E-state index in [2.05, 4.69) is 14.8 Å². The van der Waals surface area contributed by atoms with Gasteiger partial charge in [0.1, 0.15) is 0 Å². The minimum absolute atomic E-state index is 0.000214. The Kier molecular flexibility index (Phi) is 6.40. The monoisotopic (exact) mass is 395 g/mol. The molecule has 2 rings (SSSR count). The molecule has 1 amide bonds. The average Bonchev–Trinajstić information content (AvgIpc) is 2.65. The lowest BCUT2D eigenvalue weighted by atomic mass is 10.1. The molecule has 0 heterocycles. The molecular weight excluding hydrogens is 379 g/mol. The average molecular weight is 395 g/mol. The van der Waals surface area contributed by atoms with Crippen molar-refractivity contribution in [2.75, 3.05) is 19.5 Å². The second kappa shape index (κ2) is 8.55. The van der Waals surface area contributed by atoms with E-state index >= 15 is 0 Å². The van der Waals surface area contributed by atoms with E-state index in [-0.39, 0.29) is 28.8 Å². The molecule has 148 valence electrons. The van der Waals surface area contributed by atoms with Crippen LogP contribution in [0.4, 0.5) is 18.9 Å². The Hall–Kier alpha value is -3.36. The molecule has 0 bridgehead atoms. The highest BCUT2D eigenvalue weighted by Gasteiger charge is 2.30. The summed E-state index contributed by atoms with van der Waals surface area (Å²) in [6, 6.07) is 8.18. The van der Waals surface area contributed by atoms with Gasteiger partial charge in [-0.25, -0.2) is 9.59 Å². The predicted molar refractivity (Wildman–Crippen MR) is 92.9 cm³/mol. The number of hydrogen-bond donors (Lipinski definition) is 1. The molecular formula is C19H16F3NO5. The number of methoxy groups -OCH3 is 2. The zero-order valence-electron chi connectivity index (χ0n) is 14.9. The summed E-state index contributed by atoms with van der Waals surface area (Å²) in [5, 5.41) is 2.45. The summed E-state index contributed by atoms with van der Waals surface area (Å²) < 4.78 is 47.5. The van der Waals surface area contributed by atoms with Crippen molar-refractivity contribution in [1.29, 1.82) is 0 Å². The maximum Gasteiger partial charge on any atom is 0.416 e. The van der Waals surface area contributed by atoms with Gasteiger partial charge in [0, 0.05) is 5.69 Å². The summed E-state index contributed by atoms with van der Waals surface area (Å²) in [4.78, 5) is 35.7. The van der Waals surface area contributed by atoms with Crippen molar-refractivity contribution in [3.8, 4) is 0 Å². The van der Waals surface area contributed by atoms with E-state index in [1.807, 2.05) is 0 Å². The minimum Gasteiger partial charge on any atom is -0.465 e. The molecule has 0 aliphatic rings. The van der Waals surface area contributed by atoms with E-state index in [9.17, 15) is 27.6 Å². The molecule has 6 nitrogen and oxygen atoms in total. The maximum absolute atomic E-state index is 12.8. The molecule has 0 radical (unpaired) electrons. The van der Waals surface area contributed by atoms with Gasteiger partial charge in [0.05, 0.1) is 37.3 Å². The van der Waals surface area contributed by atoms with Gasteiger partial charge in [0.25, 0.3) is 0 Å². The zero-order valence-corrected chi connectivity index (χ0v) is 14.9. The van der Waals surface area contributed by atoms with Gasteiger partial charge in [-0.05, 0) is 29.8 Å².